The van der Waals surface area contributed by atoms with E-state index in [1.165, 1.54) is 19.3 Å². The number of anilines is 2. The molecule has 1 aliphatic heterocycles. The van der Waals surface area contributed by atoms with Gasteiger partial charge in [0.25, 0.3) is 5.91 Å². The summed E-state index contributed by atoms with van der Waals surface area (Å²) in [7, 11) is 0. The summed E-state index contributed by atoms with van der Waals surface area (Å²) in [6.07, 6.45) is 3.67. The highest BCUT2D eigenvalue weighted by molar-refractivity contribution is 9.10. The SMILES string of the molecule is CCOc1ccc(C(=O)Nc2ccc(N3CCCCC3)c(Cl)c2)cc1Br. The number of carbonyl (C=O) groups excluding carboxylic acids is 1. The summed E-state index contributed by atoms with van der Waals surface area (Å²) in [6.45, 7) is 4.56. The van der Waals surface area contributed by atoms with Crippen molar-refractivity contribution in [3.8, 4) is 5.75 Å². The van der Waals surface area contributed by atoms with Gasteiger partial charge in [-0.1, -0.05) is 11.6 Å². The van der Waals surface area contributed by atoms with Gasteiger partial charge in [0.2, 0.25) is 0 Å². The van der Waals surface area contributed by atoms with E-state index >= 15 is 0 Å². The van der Waals surface area contributed by atoms with E-state index in [2.05, 4.69) is 26.1 Å². The van der Waals surface area contributed by atoms with Crippen LogP contribution in [0.2, 0.25) is 5.02 Å². The van der Waals surface area contributed by atoms with Crippen molar-refractivity contribution in [2.45, 2.75) is 26.2 Å². The van der Waals surface area contributed by atoms with Gasteiger partial charge in [-0.05, 0) is 78.5 Å². The first kappa shape index (κ1) is 19.1. The Morgan fingerprint density at radius 3 is 2.62 bits per heavy atom. The Morgan fingerprint density at radius 2 is 1.96 bits per heavy atom. The molecule has 0 atom stereocenters. The lowest BCUT2D eigenvalue weighted by atomic mass is 10.1. The first-order valence-electron chi connectivity index (χ1n) is 8.86. The van der Waals surface area contributed by atoms with Crippen LogP contribution in [0.15, 0.2) is 40.9 Å². The van der Waals surface area contributed by atoms with Crippen LogP contribution in [0.3, 0.4) is 0 Å². The fourth-order valence-corrected chi connectivity index (χ4v) is 3.89. The monoisotopic (exact) mass is 436 g/mol. The topological polar surface area (TPSA) is 41.6 Å². The van der Waals surface area contributed by atoms with Crippen LogP contribution in [0.25, 0.3) is 0 Å². The highest BCUT2D eigenvalue weighted by Gasteiger charge is 2.15. The van der Waals surface area contributed by atoms with Crippen molar-refractivity contribution in [2.75, 3.05) is 29.9 Å². The molecular weight excluding hydrogens is 416 g/mol. The quantitative estimate of drug-likeness (QED) is 0.648. The predicted molar refractivity (Wildman–Crippen MR) is 111 cm³/mol. The molecule has 0 aromatic heterocycles. The number of rotatable bonds is 5. The van der Waals surface area contributed by atoms with Gasteiger partial charge in [-0.3, -0.25) is 4.79 Å². The average molecular weight is 438 g/mol. The summed E-state index contributed by atoms with van der Waals surface area (Å²) < 4.78 is 6.23. The molecule has 0 radical (unpaired) electrons. The highest BCUT2D eigenvalue weighted by Crippen LogP contribution is 2.31. The van der Waals surface area contributed by atoms with Crippen molar-refractivity contribution in [2.24, 2.45) is 0 Å². The zero-order chi connectivity index (χ0) is 18.5. The van der Waals surface area contributed by atoms with Crippen LogP contribution >= 0.6 is 27.5 Å². The summed E-state index contributed by atoms with van der Waals surface area (Å²) in [6, 6.07) is 11.0. The van der Waals surface area contributed by atoms with Gasteiger partial charge in [0.1, 0.15) is 5.75 Å². The molecule has 2 aromatic rings. The number of hydrogen-bond donors (Lipinski definition) is 1. The lowest BCUT2D eigenvalue weighted by molar-refractivity contribution is 0.102. The lowest BCUT2D eigenvalue weighted by Gasteiger charge is -2.29. The van der Waals surface area contributed by atoms with E-state index in [0.29, 0.717) is 22.9 Å². The standard InChI is InChI=1S/C20H22BrClN2O2/c1-2-26-19-9-6-14(12-16(19)21)20(25)23-15-7-8-18(17(22)13-15)24-10-4-3-5-11-24/h6-9,12-13H,2-5,10-11H2,1H3,(H,23,25). The van der Waals surface area contributed by atoms with Crippen LogP contribution in [0, 0.1) is 0 Å². The number of ether oxygens (including phenoxy) is 1. The Morgan fingerprint density at radius 1 is 1.19 bits per heavy atom. The molecule has 4 nitrogen and oxygen atoms in total. The zero-order valence-corrected chi connectivity index (χ0v) is 17.1. The molecule has 1 fully saturated rings. The van der Waals surface area contributed by atoms with Gasteiger partial charge < -0.3 is 15.0 Å². The Kier molecular flexibility index (Phi) is 6.43. The van der Waals surface area contributed by atoms with Crippen LogP contribution in [-0.4, -0.2) is 25.6 Å². The molecule has 0 bridgehead atoms. The number of hydrogen-bond acceptors (Lipinski definition) is 3. The van der Waals surface area contributed by atoms with Crippen LogP contribution in [-0.2, 0) is 0 Å². The summed E-state index contributed by atoms with van der Waals surface area (Å²) in [4.78, 5) is 14.8. The first-order chi connectivity index (χ1) is 12.6. The smallest absolute Gasteiger partial charge is 0.255 e. The largest absolute Gasteiger partial charge is 0.493 e. The second-order valence-electron chi connectivity index (χ2n) is 6.25. The van der Waals surface area contributed by atoms with Crippen molar-refractivity contribution in [1.29, 1.82) is 0 Å². The van der Waals surface area contributed by atoms with E-state index in [1.807, 2.05) is 25.1 Å². The molecule has 0 saturated carbocycles. The van der Waals surface area contributed by atoms with Gasteiger partial charge >= 0.3 is 0 Å². The summed E-state index contributed by atoms with van der Waals surface area (Å²) in [5.74, 6) is 0.536. The van der Waals surface area contributed by atoms with E-state index in [0.717, 1.165) is 29.0 Å². The minimum absolute atomic E-state index is 0.185. The lowest BCUT2D eigenvalue weighted by Crippen LogP contribution is -2.29. The van der Waals surface area contributed by atoms with Crippen molar-refractivity contribution < 1.29 is 9.53 Å². The third-order valence-corrected chi connectivity index (χ3v) is 5.32. The molecule has 1 aliphatic rings. The molecule has 138 valence electrons. The number of piperidine rings is 1. The summed E-state index contributed by atoms with van der Waals surface area (Å²) >= 11 is 9.89. The van der Waals surface area contributed by atoms with E-state index in [4.69, 9.17) is 16.3 Å². The molecule has 1 heterocycles. The van der Waals surface area contributed by atoms with Crippen LogP contribution in [0.5, 0.6) is 5.75 Å². The van der Waals surface area contributed by atoms with Crippen LogP contribution in [0.4, 0.5) is 11.4 Å². The zero-order valence-electron chi connectivity index (χ0n) is 14.7. The number of halogens is 2. The van der Waals surface area contributed by atoms with Crippen molar-refractivity contribution in [3.05, 3.63) is 51.5 Å². The molecule has 26 heavy (non-hydrogen) atoms. The third kappa shape index (κ3) is 4.51. The van der Waals surface area contributed by atoms with Gasteiger partial charge in [0.15, 0.2) is 0 Å². The molecule has 1 N–H and O–H groups in total. The normalized spacial score (nSPS) is 14.2. The third-order valence-electron chi connectivity index (χ3n) is 4.40. The molecule has 0 unspecified atom stereocenters. The number of nitrogens with one attached hydrogen (secondary N) is 1. The Bertz CT molecular complexity index is 791. The number of nitrogens with zero attached hydrogens (tertiary/aromatic N) is 1. The van der Waals surface area contributed by atoms with Gasteiger partial charge in [0, 0.05) is 24.3 Å². The Hall–Kier alpha value is -1.72. The van der Waals surface area contributed by atoms with Gasteiger partial charge in [-0.25, -0.2) is 0 Å². The maximum atomic E-state index is 12.5. The minimum atomic E-state index is -0.185. The maximum Gasteiger partial charge on any atom is 0.255 e. The second-order valence-corrected chi connectivity index (χ2v) is 7.51. The van der Waals surface area contributed by atoms with E-state index in [9.17, 15) is 4.79 Å². The van der Waals surface area contributed by atoms with Crippen molar-refractivity contribution in [1.82, 2.24) is 0 Å². The first-order valence-corrected chi connectivity index (χ1v) is 10.0. The Balaban J connectivity index is 1.71. The van der Waals surface area contributed by atoms with E-state index < -0.39 is 0 Å². The Labute approximate surface area is 167 Å². The predicted octanol–water partition coefficient (Wildman–Crippen LogP) is 5.74. The van der Waals surface area contributed by atoms with Gasteiger partial charge in [-0.2, -0.15) is 0 Å². The van der Waals surface area contributed by atoms with Gasteiger partial charge in [-0.15, -0.1) is 0 Å². The van der Waals surface area contributed by atoms with Crippen LogP contribution in [0.1, 0.15) is 36.5 Å². The van der Waals surface area contributed by atoms with Crippen molar-refractivity contribution in [3.63, 3.8) is 0 Å². The molecule has 1 amide bonds. The van der Waals surface area contributed by atoms with Crippen molar-refractivity contribution >= 4 is 44.8 Å². The maximum absolute atomic E-state index is 12.5. The molecular formula is C20H22BrClN2O2. The fraction of sp³-hybridized carbons (Fsp3) is 0.350. The molecule has 2 aromatic carbocycles. The molecule has 0 aliphatic carbocycles. The number of amides is 1. The molecule has 1 saturated heterocycles. The molecule has 3 rings (SSSR count). The number of carbonyl (C=O) groups is 1. The molecule has 0 spiro atoms. The van der Waals surface area contributed by atoms with Crippen LogP contribution < -0.4 is 15.0 Å². The summed E-state index contributed by atoms with van der Waals surface area (Å²) in [5.41, 5.74) is 2.27. The minimum Gasteiger partial charge on any atom is -0.493 e. The average Bonchev–Trinajstić information content (AvgIpc) is 2.64. The van der Waals surface area contributed by atoms with E-state index in [1.54, 1.807) is 18.2 Å². The summed E-state index contributed by atoms with van der Waals surface area (Å²) in [5, 5.41) is 3.57. The van der Waals surface area contributed by atoms with E-state index in [-0.39, 0.29) is 5.91 Å². The fourth-order valence-electron chi connectivity index (χ4n) is 3.09. The highest BCUT2D eigenvalue weighted by atomic mass is 79.9. The van der Waals surface area contributed by atoms with Gasteiger partial charge in [0.05, 0.1) is 21.8 Å². The number of benzene rings is 2. The molecule has 6 heteroatoms. The second kappa shape index (κ2) is 8.78.